The number of hydrogen-bond donors (Lipinski definition) is 3. The molecule has 5 nitrogen and oxygen atoms in total. The van der Waals surface area contributed by atoms with Crippen molar-refractivity contribution in [3.05, 3.63) is 83.2 Å². The molecule has 1 aliphatic rings. The summed E-state index contributed by atoms with van der Waals surface area (Å²) in [7, 11) is 0. The third-order valence-corrected chi connectivity index (χ3v) is 5.20. The molecule has 1 atom stereocenters. The van der Waals surface area contributed by atoms with Gasteiger partial charge in [0.25, 0.3) is 5.91 Å². The summed E-state index contributed by atoms with van der Waals surface area (Å²) in [6.07, 6.45) is -2.45. The van der Waals surface area contributed by atoms with Crippen molar-refractivity contribution in [3.63, 3.8) is 0 Å². The number of nitrogens with one attached hydrogen (secondary N) is 3. The van der Waals surface area contributed by atoms with Gasteiger partial charge < -0.3 is 5.32 Å². The summed E-state index contributed by atoms with van der Waals surface area (Å²) >= 11 is 0. The molecule has 1 fully saturated rings. The fraction of sp³-hybridized carbons (Fsp3) is 0.217. The first-order valence-electron chi connectivity index (χ1n) is 9.86. The molecule has 4 rings (SSSR count). The van der Waals surface area contributed by atoms with Crippen molar-refractivity contribution in [1.82, 2.24) is 15.8 Å². The molecule has 3 aromatic rings. The summed E-state index contributed by atoms with van der Waals surface area (Å²) in [6.45, 7) is 2.40. The highest BCUT2D eigenvalue weighted by Gasteiger charge is 2.36. The average Bonchev–Trinajstić information content (AvgIpc) is 3.29. The molecule has 2 aromatic carbocycles. The van der Waals surface area contributed by atoms with Gasteiger partial charge >= 0.3 is 6.18 Å². The van der Waals surface area contributed by atoms with Crippen molar-refractivity contribution in [2.45, 2.75) is 25.6 Å². The number of aromatic nitrogens is 1. The SMILES string of the molecule is Cc1cc(-c2ccccc2)c(NC(=O)c2ccc(C(F)(F)F)c(C3CCNN3)c2)cn1. The van der Waals surface area contributed by atoms with Crippen LogP contribution in [-0.2, 0) is 6.18 Å². The standard InChI is InChI=1S/C23H21F3N4O/c1-14-11-17(15-5-3-2-4-6-15)21(13-27-14)29-22(31)16-7-8-19(23(24,25)26)18(12-16)20-9-10-28-30-20/h2-8,11-13,20,28,30H,9-10H2,1H3,(H,29,31). The summed E-state index contributed by atoms with van der Waals surface area (Å²) in [5, 5.41) is 2.81. The summed E-state index contributed by atoms with van der Waals surface area (Å²) in [5.74, 6) is -0.497. The number of hydrazine groups is 1. The van der Waals surface area contributed by atoms with Gasteiger partial charge in [-0.1, -0.05) is 30.3 Å². The lowest BCUT2D eigenvalue weighted by Crippen LogP contribution is -2.26. The molecule has 1 aliphatic heterocycles. The summed E-state index contributed by atoms with van der Waals surface area (Å²) in [5.41, 5.74) is 8.11. The molecule has 1 unspecified atom stereocenters. The summed E-state index contributed by atoms with van der Waals surface area (Å²) in [6, 6.07) is 14.3. The number of alkyl halides is 3. The molecule has 3 N–H and O–H groups in total. The topological polar surface area (TPSA) is 66.1 Å². The Labute approximate surface area is 177 Å². The normalized spacial score (nSPS) is 16.3. The Morgan fingerprint density at radius 2 is 1.90 bits per heavy atom. The van der Waals surface area contributed by atoms with Gasteiger partial charge in [-0.05, 0) is 48.7 Å². The van der Waals surface area contributed by atoms with E-state index in [0.717, 1.165) is 22.9 Å². The minimum atomic E-state index is -4.50. The van der Waals surface area contributed by atoms with Crippen LogP contribution in [0.2, 0.25) is 0 Å². The van der Waals surface area contributed by atoms with E-state index >= 15 is 0 Å². The molecular formula is C23H21F3N4O. The largest absolute Gasteiger partial charge is 0.416 e. The van der Waals surface area contributed by atoms with Gasteiger partial charge in [0, 0.05) is 29.4 Å². The van der Waals surface area contributed by atoms with Crippen LogP contribution in [0.1, 0.15) is 39.6 Å². The summed E-state index contributed by atoms with van der Waals surface area (Å²) < 4.78 is 40.5. The van der Waals surface area contributed by atoms with Crippen LogP contribution in [0.4, 0.5) is 18.9 Å². The first kappa shape index (κ1) is 21.0. The first-order chi connectivity index (χ1) is 14.8. The number of pyridine rings is 1. The van der Waals surface area contributed by atoms with Gasteiger partial charge in [-0.25, -0.2) is 0 Å². The highest BCUT2D eigenvalue weighted by molar-refractivity contribution is 6.06. The molecule has 31 heavy (non-hydrogen) atoms. The first-order valence-corrected chi connectivity index (χ1v) is 9.86. The second kappa shape index (κ2) is 8.49. The van der Waals surface area contributed by atoms with Gasteiger partial charge in [-0.3, -0.25) is 20.6 Å². The van der Waals surface area contributed by atoms with Crippen LogP contribution in [0.25, 0.3) is 11.1 Å². The number of hydrogen-bond acceptors (Lipinski definition) is 4. The van der Waals surface area contributed by atoms with Crippen LogP contribution in [0.3, 0.4) is 0 Å². The van der Waals surface area contributed by atoms with E-state index in [1.54, 1.807) is 6.20 Å². The number of benzene rings is 2. The molecule has 1 aromatic heterocycles. The maximum atomic E-state index is 13.5. The van der Waals surface area contributed by atoms with Gasteiger partial charge in [-0.15, -0.1) is 0 Å². The van der Waals surface area contributed by atoms with E-state index in [-0.39, 0.29) is 11.1 Å². The average molecular weight is 426 g/mol. The van der Waals surface area contributed by atoms with Gasteiger partial charge in [0.15, 0.2) is 0 Å². The lowest BCUT2D eigenvalue weighted by atomic mass is 9.96. The van der Waals surface area contributed by atoms with Crippen LogP contribution in [-0.4, -0.2) is 17.4 Å². The minimum absolute atomic E-state index is 0.0514. The number of rotatable bonds is 4. The number of aryl methyl sites for hydroxylation is 1. The zero-order valence-electron chi connectivity index (χ0n) is 16.8. The van der Waals surface area contributed by atoms with Crippen molar-refractivity contribution < 1.29 is 18.0 Å². The number of nitrogens with zero attached hydrogens (tertiary/aromatic N) is 1. The molecule has 160 valence electrons. The Hall–Kier alpha value is -3.23. The fourth-order valence-electron chi connectivity index (χ4n) is 3.68. The molecule has 0 radical (unpaired) electrons. The lowest BCUT2D eigenvalue weighted by molar-refractivity contribution is -0.138. The zero-order chi connectivity index (χ0) is 22.0. The Kier molecular flexibility index (Phi) is 5.75. The Morgan fingerprint density at radius 1 is 1.13 bits per heavy atom. The van der Waals surface area contributed by atoms with E-state index in [1.165, 1.54) is 12.1 Å². The van der Waals surface area contributed by atoms with E-state index in [2.05, 4.69) is 21.2 Å². The Bertz CT molecular complexity index is 1090. The van der Waals surface area contributed by atoms with Crippen molar-refractivity contribution in [3.8, 4) is 11.1 Å². The second-order valence-electron chi connectivity index (χ2n) is 7.40. The van der Waals surface area contributed by atoms with Crippen LogP contribution in [0.5, 0.6) is 0 Å². The third-order valence-electron chi connectivity index (χ3n) is 5.20. The molecule has 1 amide bonds. The van der Waals surface area contributed by atoms with Crippen molar-refractivity contribution >= 4 is 11.6 Å². The third kappa shape index (κ3) is 4.60. The molecular weight excluding hydrogens is 405 g/mol. The number of anilines is 1. The number of carbonyl (C=O) groups excluding carboxylic acids is 1. The van der Waals surface area contributed by atoms with Crippen molar-refractivity contribution in [2.75, 3.05) is 11.9 Å². The van der Waals surface area contributed by atoms with Crippen molar-refractivity contribution in [1.29, 1.82) is 0 Å². The Balaban J connectivity index is 1.68. The highest BCUT2D eigenvalue weighted by Crippen LogP contribution is 2.37. The van der Waals surface area contributed by atoms with Gasteiger partial charge in [-0.2, -0.15) is 13.2 Å². The predicted molar refractivity (Wildman–Crippen MR) is 112 cm³/mol. The van der Waals surface area contributed by atoms with E-state index in [4.69, 9.17) is 0 Å². The maximum absolute atomic E-state index is 13.5. The second-order valence-corrected chi connectivity index (χ2v) is 7.40. The van der Waals surface area contributed by atoms with Crippen LogP contribution in [0, 0.1) is 6.92 Å². The molecule has 8 heteroatoms. The fourth-order valence-corrected chi connectivity index (χ4v) is 3.68. The number of amides is 1. The van der Waals surface area contributed by atoms with E-state index in [9.17, 15) is 18.0 Å². The smallest absolute Gasteiger partial charge is 0.320 e. The lowest BCUT2D eigenvalue weighted by Gasteiger charge is -2.19. The number of carbonyl (C=O) groups is 1. The molecule has 0 aliphatic carbocycles. The monoisotopic (exact) mass is 426 g/mol. The molecule has 0 saturated carbocycles. The molecule has 0 bridgehead atoms. The van der Waals surface area contributed by atoms with Gasteiger partial charge in [0.2, 0.25) is 0 Å². The maximum Gasteiger partial charge on any atom is 0.416 e. The van der Waals surface area contributed by atoms with E-state index in [1.807, 2.05) is 43.3 Å². The minimum Gasteiger partial charge on any atom is -0.320 e. The quantitative estimate of drug-likeness (QED) is 0.557. The van der Waals surface area contributed by atoms with Gasteiger partial charge in [0.05, 0.1) is 17.4 Å². The molecule has 0 spiro atoms. The van der Waals surface area contributed by atoms with E-state index in [0.29, 0.717) is 18.7 Å². The molecule has 2 heterocycles. The predicted octanol–water partition coefficient (Wildman–Crippen LogP) is 4.87. The van der Waals surface area contributed by atoms with Crippen molar-refractivity contribution in [2.24, 2.45) is 0 Å². The van der Waals surface area contributed by atoms with Crippen LogP contribution >= 0.6 is 0 Å². The molecule has 1 saturated heterocycles. The van der Waals surface area contributed by atoms with Crippen LogP contribution < -0.4 is 16.2 Å². The number of halogens is 3. The Morgan fingerprint density at radius 3 is 2.58 bits per heavy atom. The zero-order valence-corrected chi connectivity index (χ0v) is 16.8. The van der Waals surface area contributed by atoms with E-state index < -0.39 is 23.7 Å². The highest BCUT2D eigenvalue weighted by atomic mass is 19.4. The summed E-state index contributed by atoms with van der Waals surface area (Å²) in [4.78, 5) is 17.2. The van der Waals surface area contributed by atoms with Crippen LogP contribution in [0.15, 0.2) is 60.8 Å². The van der Waals surface area contributed by atoms with Gasteiger partial charge in [0.1, 0.15) is 0 Å².